The Morgan fingerprint density at radius 3 is 2.48 bits per heavy atom. The van der Waals surface area contributed by atoms with E-state index in [1.54, 1.807) is 18.2 Å². The topological polar surface area (TPSA) is 114 Å². The third-order valence-electron chi connectivity index (χ3n) is 8.35. The van der Waals surface area contributed by atoms with Gasteiger partial charge in [0.2, 0.25) is 11.8 Å². The quantitative estimate of drug-likeness (QED) is 0.493. The molecular weight excluding hydrogens is 526 g/mol. The number of fused-ring (bicyclic) bond motifs is 4. The number of carbonyl (C=O) groups excluding carboxylic acids is 1. The number of nitrogens with one attached hydrogen (secondary N) is 2. The summed E-state index contributed by atoms with van der Waals surface area (Å²) >= 11 is 0. The first-order chi connectivity index (χ1) is 19.2. The molecule has 1 spiro atoms. The maximum atomic E-state index is 13.3. The van der Waals surface area contributed by atoms with Crippen LogP contribution < -0.4 is 14.8 Å². The minimum absolute atomic E-state index is 0.0381. The summed E-state index contributed by atoms with van der Waals surface area (Å²) in [6.07, 6.45) is 4.41. The van der Waals surface area contributed by atoms with E-state index in [1.807, 2.05) is 32.0 Å². The molecule has 2 fully saturated rings. The summed E-state index contributed by atoms with van der Waals surface area (Å²) in [4.78, 5) is 24.7. The highest BCUT2D eigenvalue weighted by Crippen LogP contribution is 2.36. The van der Waals surface area contributed by atoms with Gasteiger partial charge in [-0.15, -0.1) is 0 Å². The van der Waals surface area contributed by atoms with Crippen LogP contribution >= 0.6 is 0 Å². The molecule has 210 valence electrons. The standard InChI is InChI=1S/C30H35N5O4S/c1-20-5-3-6-21(2)27(20)25-16-26-33-29(32-25)34-40(37,38)24-8-4-7-23(15-24)28(36)31-18-30(19-39-26)11-13-35(14-12-30)17-22-9-10-22/h3-8,15-16,22H,9-14,17-19H2,1-2H3,(H,31,36)(H,32,33,34). The van der Waals surface area contributed by atoms with Crippen LogP contribution in [-0.4, -0.2) is 62.0 Å². The lowest BCUT2D eigenvalue weighted by Crippen LogP contribution is -2.49. The molecule has 1 saturated heterocycles. The van der Waals surface area contributed by atoms with E-state index >= 15 is 0 Å². The number of benzene rings is 2. The molecule has 3 heterocycles. The number of hydrogen-bond acceptors (Lipinski definition) is 7. The predicted octanol–water partition coefficient (Wildman–Crippen LogP) is 4.18. The van der Waals surface area contributed by atoms with Crippen molar-refractivity contribution in [2.45, 2.75) is 44.4 Å². The average Bonchev–Trinajstić information content (AvgIpc) is 3.75. The zero-order valence-electron chi connectivity index (χ0n) is 22.9. The van der Waals surface area contributed by atoms with Gasteiger partial charge < -0.3 is 15.0 Å². The number of rotatable bonds is 3. The number of likely N-dealkylation sites (tertiary alicyclic amines) is 1. The normalized spacial score (nSPS) is 20.6. The number of sulfonamides is 1. The Balaban J connectivity index is 1.39. The number of aryl methyl sites for hydroxylation is 2. The number of hydrogen-bond donors (Lipinski definition) is 2. The van der Waals surface area contributed by atoms with Crippen LogP contribution in [0.5, 0.6) is 5.88 Å². The fourth-order valence-corrected chi connectivity index (χ4v) is 6.71. The van der Waals surface area contributed by atoms with Crippen LogP contribution in [0.1, 0.15) is 47.2 Å². The Bertz CT molecular complexity index is 1530. The summed E-state index contributed by atoms with van der Waals surface area (Å²) in [5, 5.41) is 3.07. The van der Waals surface area contributed by atoms with Crippen molar-refractivity contribution in [2.75, 3.05) is 37.5 Å². The minimum Gasteiger partial charge on any atom is -0.477 e. The van der Waals surface area contributed by atoms with Crippen LogP contribution in [0.2, 0.25) is 0 Å². The van der Waals surface area contributed by atoms with E-state index in [1.165, 1.54) is 25.0 Å². The van der Waals surface area contributed by atoms with E-state index in [9.17, 15) is 13.2 Å². The van der Waals surface area contributed by atoms with Crippen LogP contribution in [0.15, 0.2) is 53.4 Å². The molecule has 2 N–H and O–H groups in total. The molecule has 1 saturated carbocycles. The lowest BCUT2D eigenvalue weighted by Gasteiger charge is -2.41. The van der Waals surface area contributed by atoms with Gasteiger partial charge in [0.25, 0.3) is 15.9 Å². The SMILES string of the molecule is Cc1cccc(C)c1-c1cc2nc(n1)NS(=O)(=O)c1cccc(c1)C(=O)NCC1(CCN(CC3CC3)CC1)CO2. The molecule has 0 radical (unpaired) electrons. The van der Waals surface area contributed by atoms with Gasteiger partial charge in [-0.2, -0.15) is 4.98 Å². The fraction of sp³-hybridized carbons (Fsp3) is 0.433. The highest BCUT2D eigenvalue weighted by atomic mass is 32.2. The largest absolute Gasteiger partial charge is 0.477 e. The van der Waals surface area contributed by atoms with Crippen molar-refractivity contribution in [1.82, 2.24) is 20.2 Å². The molecule has 1 amide bonds. The number of piperidine rings is 1. The molecule has 2 aromatic carbocycles. The van der Waals surface area contributed by atoms with E-state index in [0.29, 0.717) is 24.7 Å². The second-order valence-corrected chi connectivity index (χ2v) is 13.2. The molecule has 1 aliphatic carbocycles. The first kappa shape index (κ1) is 26.7. The zero-order chi connectivity index (χ0) is 27.9. The lowest BCUT2D eigenvalue weighted by molar-refractivity contribution is 0.0483. The Kier molecular flexibility index (Phi) is 7.00. The van der Waals surface area contributed by atoms with E-state index < -0.39 is 10.0 Å². The van der Waals surface area contributed by atoms with Crippen LogP contribution in [-0.2, 0) is 10.0 Å². The number of amides is 1. The van der Waals surface area contributed by atoms with E-state index in [2.05, 4.69) is 24.9 Å². The van der Waals surface area contributed by atoms with Gasteiger partial charge >= 0.3 is 0 Å². The van der Waals surface area contributed by atoms with Gasteiger partial charge in [0, 0.05) is 35.7 Å². The summed E-state index contributed by atoms with van der Waals surface area (Å²) in [5.74, 6) is 0.742. The summed E-state index contributed by atoms with van der Waals surface area (Å²) in [6.45, 7) is 7.82. The maximum absolute atomic E-state index is 13.3. The third-order valence-corrected chi connectivity index (χ3v) is 9.68. The first-order valence-electron chi connectivity index (χ1n) is 13.9. The van der Waals surface area contributed by atoms with Crippen LogP contribution in [0, 0.1) is 25.2 Å². The molecule has 9 nitrogen and oxygen atoms in total. The molecule has 1 aromatic heterocycles. The first-order valence-corrected chi connectivity index (χ1v) is 15.4. The fourth-order valence-electron chi connectivity index (χ4n) is 5.72. The monoisotopic (exact) mass is 561 g/mol. The molecule has 6 rings (SSSR count). The van der Waals surface area contributed by atoms with Crippen molar-refractivity contribution in [1.29, 1.82) is 0 Å². The molecule has 40 heavy (non-hydrogen) atoms. The van der Waals surface area contributed by atoms with E-state index in [4.69, 9.17) is 4.74 Å². The molecule has 2 aliphatic heterocycles. The number of nitrogens with zero attached hydrogens (tertiary/aromatic N) is 3. The van der Waals surface area contributed by atoms with Gasteiger partial charge in [-0.25, -0.2) is 18.1 Å². The number of ether oxygens (including phenoxy) is 1. The molecule has 4 bridgehead atoms. The summed E-state index contributed by atoms with van der Waals surface area (Å²) in [5.41, 5.74) is 3.54. The number of anilines is 1. The lowest BCUT2D eigenvalue weighted by atomic mass is 9.78. The van der Waals surface area contributed by atoms with Gasteiger partial charge in [-0.3, -0.25) is 4.79 Å². The third kappa shape index (κ3) is 5.69. The molecule has 3 aliphatic rings. The van der Waals surface area contributed by atoms with Crippen molar-refractivity contribution >= 4 is 21.9 Å². The summed E-state index contributed by atoms with van der Waals surface area (Å²) in [7, 11) is -4.06. The van der Waals surface area contributed by atoms with Gasteiger partial charge in [0.05, 0.1) is 17.2 Å². The van der Waals surface area contributed by atoms with Crippen molar-refractivity contribution in [3.05, 3.63) is 65.2 Å². The van der Waals surface area contributed by atoms with Crippen molar-refractivity contribution in [2.24, 2.45) is 11.3 Å². The van der Waals surface area contributed by atoms with Crippen molar-refractivity contribution < 1.29 is 17.9 Å². The Morgan fingerprint density at radius 2 is 1.75 bits per heavy atom. The zero-order valence-corrected chi connectivity index (χ0v) is 23.8. The number of aromatic nitrogens is 2. The van der Waals surface area contributed by atoms with Crippen LogP contribution in [0.3, 0.4) is 0 Å². The van der Waals surface area contributed by atoms with Crippen LogP contribution in [0.4, 0.5) is 5.95 Å². The smallest absolute Gasteiger partial charge is 0.264 e. The van der Waals surface area contributed by atoms with Gasteiger partial charge in [0.15, 0.2) is 0 Å². The molecule has 0 unspecified atom stereocenters. The Labute approximate surface area is 235 Å². The summed E-state index contributed by atoms with van der Waals surface area (Å²) < 4.78 is 35.5. The van der Waals surface area contributed by atoms with Crippen molar-refractivity contribution in [3.8, 4) is 17.1 Å². The molecule has 3 aromatic rings. The van der Waals surface area contributed by atoms with Gasteiger partial charge in [-0.1, -0.05) is 24.3 Å². The summed E-state index contributed by atoms with van der Waals surface area (Å²) in [6, 6.07) is 13.8. The Hall–Kier alpha value is -3.50. The highest BCUT2D eigenvalue weighted by molar-refractivity contribution is 7.92. The van der Waals surface area contributed by atoms with E-state index in [0.717, 1.165) is 55.1 Å². The molecular formula is C30H35N5O4S. The highest BCUT2D eigenvalue weighted by Gasteiger charge is 2.38. The average molecular weight is 562 g/mol. The van der Waals surface area contributed by atoms with Crippen molar-refractivity contribution in [3.63, 3.8) is 0 Å². The second kappa shape index (κ2) is 10.5. The van der Waals surface area contributed by atoms with E-state index in [-0.39, 0.29) is 27.7 Å². The molecule has 10 heteroatoms. The van der Waals surface area contributed by atoms with Gasteiger partial charge in [0.1, 0.15) is 0 Å². The van der Waals surface area contributed by atoms with Crippen LogP contribution in [0.25, 0.3) is 11.3 Å². The predicted molar refractivity (Wildman–Crippen MR) is 153 cm³/mol. The Morgan fingerprint density at radius 1 is 1.02 bits per heavy atom. The molecule has 0 atom stereocenters. The maximum Gasteiger partial charge on any atom is 0.264 e. The second-order valence-electron chi connectivity index (χ2n) is 11.5. The van der Waals surface area contributed by atoms with Gasteiger partial charge in [-0.05, 0) is 87.9 Å². The minimum atomic E-state index is -4.06. The number of carbonyl (C=O) groups is 1.